The largest absolute Gasteiger partial charge is 0.383 e. The van der Waals surface area contributed by atoms with Gasteiger partial charge in [-0.1, -0.05) is 24.3 Å². The van der Waals surface area contributed by atoms with Crippen LogP contribution >= 0.6 is 0 Å². The van der Waals surface area contributed by atoms with Crippen molar-refractivity contribution in [1.82, 2.24) is 19.8 Å². The first-order chi connectivity index (χ1) is 18.7. The second-order valence-corrected chi connectivity index (χ2v) is 10.4. The molecule has 0 amide bonds. The molecule has 4 heterocycles. The summed E-state index contributed by atoms with van der Waals surface area (Å²) in [6.45, 7) is 15.3. The third-order valence-electron chi connectivity index (χ3n) is 7.70. The molecule has 0 saturated carbocycles. The summed E-state index contributed by atoms with van der Waals surface area (Å²) in [6, 6.07) is 13.2. The van der Waals surface area contributed by atoms with Crippen molar-refractivity contribution in [3.8, 4) is 0 Å². The molecule has 2 aliphatic rings. The van der Waals surface area contributed by atoms with Crippen molar-refractivity contribution in [2.75, 3.05) is 89.4 Å². The van der Waals surface area contributed by atoms with Gasteiger partial charge in [-0.2, -0.15) is 0 Å². The van der Waals surface area contributed by atoms with E-state index >= 15 is 0 Å². The Morgan fingerprint density at radius 3 is 1.45 bits per heavy atom. The highest BCUT2D eigenvalue weighted by atomic mass is 16.5. The monoisotopic (exact) mass is 514 g/mol. The summed E-state index contributed by atoms with van der Waals surface area (Å²) in [5.41, 5.74) is 6.38. The average Bonchev–Trinajstić information content (AvgIpc) is 2.93. The Hall–Kier alpha value is -3.04. The van der Waals surface area contributed by atoms with E-state index in [-0.39, 0.29) is 0 Å². The number of rotatable bonds is 8. The van der Waals surface area contributed by atoms with Gasteiger partial charge in [0, 0.05) is 96.7 Å². The molecule has 0 unspecified atom stereocenters. The van der Waals surface area contributed by atoms with Gasteiger partial charge in [-0.25, -0.2) is 0 Å². The Labute approximate surface area is 224 Å². The van der Waals surface area contributed by atoms with Gasteiger partial charge in [0.15, 0.2) is 0 Å². The molecule has 4 aromatic rings. The van der Waals surface area contributed by atoms with Crippen LogP contribution < -0.4 is 10.6 Å². The minimum absolute atomic E-state index is 0.829. The second-order valence-electron chi connectivity index (χ2n) is 10.4. The fraction of sp³-hybridized carbons (Fsp3) is 0.467. The molecule has 2 fully saturated rings. The zero-order valence-corrected chi connectivity index (χ0v) is 22.6. The van der Waals surface area contributed by atoms with E-state index in [0.29, 0.717) is 0 Å². The van der Waals surface area contributed by atoms with Crippen LogP contribution in [0.5, 0.6) is 0 Å². The number of nitrogens with zero attached hydrogens (tertiary/aromatic N) is 4. The van der Waals surface area contributed by atoms with E-state index in [1.165, 1.54) is 0 Å². The maximum Gasteiger partial charge on any atom is 0.0805 e. The molecule has 0 atom stereocenters. The summed E-state index contributed by atoms with van der Waals surface area (Å²) in [6.07, 6.45) is 0. The molecule has 0 aliphatic carbocycles. The quantitative estimate of drug-likeness (QED) is 0.341. The molecule has 0 spiro atoms. The third kappa shape index (κ3) is 5.40. The number of aryl methyl sites for hydroxylation is 2. The maximum absolute atomic E-state index is 5.48. The molecule has 38 heavy (non-hydrogen) atoms. The van der Waals surface area contributed by atoms with Crippen molar-refractivity contribution in [1.29, 1.82) is 0 Å². The molecule has 8 heteroatoms. The number of hydrogen-bond acceptors (Lipinski definition) is 8. The number of hydrogen-bond donors (Lipinski definition) is 2. The van der Waals surface area contributed by atoms with Gasteiger partial charge in [0.05, 0.1) is 37.5 Å². The van der Waals surface area contributed by atoms with Gasteiger partial charge >= 0.3 is 0 Å². The minimum Gasteiger partial charge on any atom is -0.383 e. The molecule has 0 radical (unpaired) electrons. The number of ether oxygens (including phenoxy) is 2. The smallest absolute Gasteiger partial charge is 0.0805 e. The lowest BCUT2D eigenvalue weighted by Crippen LogP contribution is -2.39. The first kappa shape index (κ1) is 25.2. The highest BCUT2D eigenvalue weighted by molar-refractivity contribution is 6.18. The summed E-state index contributed by atoms with van der Waals surface area (Å²) in [5.74, 6) is 0. The van der Waals surface area contributed by atoms with Crippen LogP contribution in [0, 0.1) is 13.8 Å². The Balaban J connectivity index is 1.29. The maximum atomic E-state index is 5.48. The van der Waals surface area contributed by atoms with Crippen LogP contribution in [-0.2, 0) is 9.47 Å². The highest BCUT2D eigenvalue weighted by Gasteiger charge is 2.15. The fourth-order valence-corrected chi connectivity index (χ4v) is 5.68. The lowest BCUT2D eigenvalue weighted by molar-refractivity contribution is 0.0398. The third-order valence-corrected chi connectivity index (χ3v) is 7.70. The summed E-state index contributed by atoms with van der Waals surface area (Å²) in [4.78, 5) is 14.9. The molecule has 200 valence electrons. The number of anilines is 2. The second kappa shape index (κ2) is 11.4. The number of fused-ring (bicyclic) bond motifs is 5. The molecular formula is C30H38N6O2. The van der Waals surface area contributed by atoms with Crippen LogP contribution in [0.3, 0.4) is 0 Å². The zero-order valence-electron chi connectivity index (χ0n) is 22.6. The van der Waals surface area contributed by atoms with E-state index in [0.717, 1.165) is 134 Å². The normalized spacial score (nSPS) is 17.4. The Kier molecular flexibility index (Phi) is 7.56. The van der Waals surface area contributed by atoms with Gasteiger partial charge in [0.2, 0.25) is 0 Å². The van der Waals surface area contributed by atoms with Gasteiger partial charge in [-0.15, -0.1) is 0 Å². The SMILES string of the molecule is Cc1cc(NCCN2CCOCC2)c2ccc3c(ccc4c(NCCN5CCOCC5)cc(C)nc43)c2n1. The summed E-state index contributed by atoms with van der Waals surface area (Å²) < 4.78 is 11.0. The average molecular weight is 515 g/mol. The summed E-state index contributed by atoms with van der Waals surface area (Å²) in [5, 5.41) is 12.0. The highest BCUT2D eigenvalue weighted by Crippen LogP contribution is 2.35. The molecule has 2 saturated heterocycles. The van der Waals surface area contributed by atoms with Gasteiger partial charge in [0.1, 0.15) is 0 Å². The van der Waals surface area contributed by atoms with Gasteiger partial charge in [0.25, 0.3) is 0 Å². The Morgan fingerprint density at radius 1 is 0.632 bits per heavy atom. The number of benzene rings is 2. The van der Waals surface area contributed by atoms with Gasteiger partial charge < -0.3 is 20.1 Å². The predicted octanol–water partition coefficient (Wildman–Crippen LogP) is 4.04. The molecular weight excluding hydrogens is 476 g/mol. The van der Waals surface area contributed by atoms with Crippen molar-refractivity contribution in [2.24, 2.45) is 0 Å². The lowest BCUT2D eigenvalue weighted by atomic mass is 10.0. The van der Waals surface area contributed by atoms with Crippen LogP contribution in [0.2, 0.25) is 0 Å². The summed E-state index contributed by atoms with van der Waals surface area (Å²) >= 11 is 0. The van der Waals surface area contributed by atoms with Crippen LogP contribution in [0.25, 0.3) is 32.6 Å². The lowest BCUT2D eigenvalue weighted by Gasteiger charge is -2.26. The van der Waals surface area contributed by atoms with Gasteiger partial charge in [-0.3, -0.25) is 19.8 Å². The Morgan fingerprint density at radius 2 is 1.03 bits per heavy atom. The number of morpholine rings is 2. The number of aromatic nitrogens is 2. The van der Waals surface area contributed by atoms with Crippen LogP contribution in [0.4, 0.5) is 11.4 Å². The summed E-state index contributed by atoms with van der Waals surface area (Å²) in [7, 11) is 0. The van der Waals surface area contributed by atoms with E-state index in [1.807, 2.05) is 0 Å². The molecule has 2 aromatic carbocycles. The fourth-order valence-electron chi connectivity index (χ4n) is 5.68. The van der Waals surface area contributed by atoms with E-state index < -0.39 is 0 Å². The Bertz CT molecular complexity index is 1320. The van der Waals surface area contributed by atoms with Gasteiger partial charge in [-0.05, 0) is 26.0 Å². The van der Waals surface area contributed by atoms with E-state index in [4.69, 9.17) is 19.4 Å². The van der Waals surface area contributed by atoms with E-state index in [9.17, 15) is 0 Å². The van der Waals surface area contributed by atoms with Crippen LogP contribution in [0.15, 0.2) is 36.4 Å². The van der Waals surface area contributed by atoms with Crippen LogP contribution in [0.1, 0.15) is 11.4 Å². The van der Waals surface area contributed by atoms with E-state index in [1.54, 1.807) is 0 Å². The minimum atomic E-state index is 0.829. The van der Waals surface area contributed by atoms with E-state index in [2.05, 4.69) is 70.7 Å². The first-order valence-corrected chi connectivity index (χ1v) is 13.9. The standard InChI is InChI=1S/C30H38N6O2/c1-21-19-27(31-7-9-35-11-15-37-16-12-35)25-5-4-24-23(29(25)33-21)3-6-26-28(20-22(2)34-30(24)26)32-8-10-36-13-17-38-18-14-36/h3-6,19-20H,7-18H2,1-2H3,(H,31,33)(H,32,34). The van der Waals surface area contributed by atoms with Crippen LogP contribution in [-0.4, -0.2) is 98.6 Å². The van der Waals surface area contributed by atoms with Crippen molar-refractivity contribution in [3.63, 3.8) is 0 Å². The molecule has 2 aromatic heterocycles. The first-order valence-electron chi connectivity index (χ1n) is 13.9. The number of nitrogens with one attached hydrogen (secondary N) is 2. The topological polar surface area (TPSA) is 74.8 Å². The number of pyridine rings is 2. The van der Waals surface area contributed by atoms with Crippen molar-refractivity contribution in [2.45, 2.75) is 13.8 Å². The zero-order chi connectivity index (χ0) is 25.9. The molecule has 8 nitrogen and oxygen atoms in total. The van der Waals surface area contributed by atoms with Crippen molar-refractivity contribution in [3.05, 3.63) is 47.8 Å². The predicted molar refractivity (Wildman–Crippen MR) is 156 cm³/mol. The molecule has 6 rings (SSSR count). The van der Waals surface area contributed by atoms with Crippen molar-refractivity contribution >= 4 is 44.0 Å². The molecule has 0 bridgehead atoms. The van der Waals surface area contributed by atoms with Crippen molar-refractivity contribution < 1.29 is 9.47 Å². The molecule has 2 aliphatic heterocycles. The molecule has 2 N–H and O–H groups in total.